The van der Waals surface area contributed by atoms with Crippen LogP contribution >= 0.6 is 11.6 Å². The second-order valence-corrected chi connectivity index (χ2v) is 10.7. The van der Waals surface area contributed by atoms with Crippen LogP contribution in [0.1, 0.15) is 47.2 Å². The number of halogens is 1. The van der Waals surface area contributed by atoms with Gasteiger partial charge < -0.3 is 19.3 Å². The summed E-state index contributed by atoms with van der Waals surface area (Å²) in [6.07, 6.45) is 4.70. The number of rotatable bonds is 7. The van der Waals surface area contributed by atoms with E-state index in [1.54, 1.807) is 7.11 Å². The average molecular weight is 563 g/mol. The number of nitrogens with zero attached hydrogens (tertiary/aromatic N) is 2. The fourth-order valence-electron chi connectivity index (χ4n) is 5.11. The summed E-state index contributed by atoms with van der Waals surface area (Å²) >= 11 is 6.08. The molecule has 0 bridgehead atoms. The minimum atomic E-state index is -0.196. The van der Waals surface area contributed by atoms with Crippen molar-refractivity contribution in [1.29, 1.82) is 0 Å². The first-order valence-electron chi connectivity index (χ1n) is 14.1. The molecule has 0 aliphatic carbocycles. The van der Waals surface area contributed by atoms with Crippen molar-refractivity contribution in [3.63, 3.8) is 0 Å². The van der Waals surface area contributed by atoms with E-state index in [-0.39, 0.29) is 24.5 Å². The van der Waals surface area contributed by atoms with Crippen molar-refractivity contribution in [2.75, 3.05) is 40.0 Å². The lowest BCUT2D eigenvalue weighted by Crippen LogP contribution is -2.46. The molecule has 2 amide bonds. The molecule has 3 aromatic rings. The summed E-state index contributed by atoms with van der Waals surface area (Å²) in [5, 5.41) is 0.652. The van der Waals surface area contributed by atoms with Gasteiger partial charge >= 0.3 is 0 Å². The molecule has 7 heteroatoms. The summed E-state index contributed by atoms with van der Waals surface area (Å²) in [5.74, 6) is 0.546. The number of carbonyl (C=O) groups excluding carboxylic acids is 2. The zero-order valence-corrected chi connectivity index (χ0v) is 24.0. The molecule has 0 aromatic heterocycles. The van der Waals surface area contributed by atoms with Crippen LogP contribution in [-0.2, 0) is 22.4 Å². The second kappa shape index (κ2) is 15.4. The largest absolute Gasteiger partial charge is 0.491 e. The van der Waals surface area contributed by atoms with Gasteiger partial charge in [-0.25, -0.2) is 0 Å². The van der Waals surface area contributed by atoms with E-state index < -0.39 is 0 Å². The molecule has 0 fully saturated rings. The number of amides is 2. The van der Waals surface area contributed by atoms with E-state index in [1.165, 1.54) is 0 Å². The number of ether oxygens (including phenoxy) is 2. The Morgan fingerprint density at radius 3 is 2.35 bits per heavy atom. The van der Waals surface area contributed by atoms with Crippen molar-refractivity contribution in [3.05, 3.63) is 101 Å². The van der Waals surface area contributed by atoms with Gasteiger partial charge in [0.1, 0.15) is 12.4 Å². The van der Waals surface area contributed by atoms with E-state index >= 15 is 0 Å². The molecule has 4 rings (SSSR count). The molecule has 0 N–H and O–H groups in total. The monoisotopic (exact) mass is 562 g/mol. The van der Waals surface area contributed by atoms with Gasteiger partial charge in [0.25, 0.3) is 5.91 Å². The Hall–Kier alpha value is -3.35. The Morgan fingerprint density at radius 2 is 1.60 bits per heavy atom. The van der Waals surface area contributed by atoms with Crippen molar-refractivity contribution in [2.24, 2.45) is 0 Å². The van der Waals surface area contributed by atoms with Crippen LogP contribution in [0.5, 0.6) is 5.75 Å². The summed E-state index contributed by atoms with van der Waals surface area (Å²) in [6, 6.07) is 24.8. The molecule has 0 saturated carbocycles. The van der Waals surface area contributed by atoms with E-state index in [0.29, 0.717) is 55.4 Å². The molecular formula is C33H39ClN2O4. The van der Waals surface area contributed by atoms with Crippen molar-refractivity contribution < 1.29 is 19.1 Å². The fourth-order valence-corrected chi connectivity index (χ4v) is 5.24. The molecule has 0 spiro atoms. The summed E-state index contributed by atoms with van der Waals surface area (Å²) in [4.78, 5) is 31.3. The second-order valence-electron chi connectivity index (χ2n) is 10.2. The third-order valence-electron chi connectivity index (χ3n) is 7.32. The van der Waals surface area contributed by atoms with Crippen LogP contribution in [-0.4, -0.2) is 67.6 Å². The Balaban J connectivity index is 1.63. The lowest BCUT2D eigenvalue weighted by atomic mass is 10.0. The van der Waals surface area contributed by atoms with Gasteiger partial charge in [-0.05, 0) is 54.7 Å². The minimum Gasteiger partial charge on any atom is -0.491 e. The Labute approximate surface area is 242 Å². The lowest BCUT2D eigenvalue weighted by Gasteiger charge is -2.33. The van der Waals surface area contributed by atoms with Crippen LogP contribution in [0.2, 0.25) is 5.02 Å². The number of fused-ring (bicyclic) bond motifs is 1. The highest BCUT2D eigenvalue weighted by atomic mass is 35.5. The van der Waals surface area contributed by atoms with Crippen LogP contribution in [0.3, 0.4) is 0 Å². The number of methoxy groups -OCH3 is 1. The third-order valence-corrected chi connectivity index (χ3v) is 7.57. The molecule has 0 saturated heterocycles. The first kappa shape index (κ1) is 29.6. The molecule has 0 unspecified atom stereocenters. The van der Waals surface area contributed by atoms with Crippen LogP contribution in [0.15, 0.2) is 78.9 Å². The third kappa shape index (κ3) is 8.57. The molecular weight excluding hydrogens is 524 g/mol. The zero-order chi connectivity index (χ0) is 28.2. The summed E-state index contributed by atoms with van der Waals surface area (Å²) < 4.78 is 11.7. The standard InChI is InChI=1S/C33H39ClN2O4/c1-39-22-21-35-19-9-2-3-10-20-36(32(37)24-27-15-17-28(34)18-16-27)29(23-26-11-5-4-6-12-26)25-40-31-14-8-7-13-30(31)33(35)38/h4-8,11-18,29H,2-3,9-10,19-25H2,1H3/t29-/m0/s1. The zero-order valence-electron chi connectivity index (χ0n) is 23.3. The van der Waals surface area contributed by atoms with Gasteiger partial charge in [-0.1, -0.05) is 79.0 Å². The Kier molecular flexibility index (Phi) is 11.4. The van der Waals surface area contributed by atoms with E-state index in [4.69, 9.17) is 21.1 Å². The highest BCUT2D eigenvalue weighted by Crippen LogP contribution is 2.23. The molecule has 1 heterocycles. The quantitative estimate of drug-likeness (QED) is 0.351. The highest BCUT2D eigenvalue weighted by Gasteiger charge is 2.27. The van der Waals surface area contributed by atoms with Crippen molar-refractivity contribution >= 4 is 23.4 Å². The van der Waals surface area contributed by atoms with Crippen LogP contribution < -0.4 is 4.74 Å². The van der Waals surface area contributed by atoms with Gasteiger partial charge in [-0.2, -0.15) is 0 Å². The average Bonchev–Trinajstić information content (AvgIpc) is 2.97. The van der Waals surface area contributed by atoms with Gasteiger partial charge in [0.05, 0.1) is 24.6 Å². The number of carbonyl (C=O) groups is 2. The molecule has 212 valence electrons. The van der Waals surface area contributed by atoms with Gasteiger partial charge in [0.15, 0.2) is 0 Å². The normalized spacial score (nSPS) is 17.1. The highest BCUT2D eigenvalue weighted by molar-refractivity contribution is 6.30. The van der Waals surface area contributed by atoms with Crippen LogP contribution in [0, 0.1) is 0 Å². The van der Waals surface area contributed by atoms with Gasteiger partial charge in [-0.3, -0.25) is 9.59 Å². The Bertz CT molecular complexity index is 1220. The van der Waals surface area contributed by atoms with Crippen LogP contribution in [0.4, 0.5) is 0 Å². The number of hydrogen-bond donors (Lipinski definition) is 0. The maximum Gasteiger partial charge on any atom is 0.257 e. The number of hydrogen-bond acceptors (Lipinski definition) is 4. The van der Waals surface area contributed by atoms with Crippen molar-refractivity contribution in [1.82, 2.24) is 9.80 Å². The fraction of sp³-hybridized carbons (Fsp3) is 0.394. The molecule has 0 radical (unpaired) electrons. The molecule has 1 atom stereocenters. The van der Waals surface area contributed by atoms with E-state index in [0.717, 1.165) is 36.8 Å². The molecule has 3 aromatic carbocycles. The maximum absolute atomic E-state index is 13.8. The summed E-state index contributed by atoms with van der Waals surface area (Å²) in [5.41, 5.74) is 2.60. The van der Waals surface area contributed by atoms with E-state index in [9.17, 15) is 9.59 Å². The molecule has 6 nitrogen and oxygen atoms in total. The SMILES string of the molecule is COCCN1CCCCCCN(C(=O)Cc2ccc(Cl)cc2)[C@@H](Cc2ccccc2)COc2ccccc2C1=O. The smallest absolute Gasteiger partial charge is 0.257 e. The predicted octanol–water partition coefficient (Wildman–Crippen LogP) is 6.06. The first-order chi connectivity index (χ1) is 19.5. The maximum atomic E-state index is 13.8. The number of benzene rings is 3. The predicted molar refractivity (Wildman–Crippen MR) is 159 cm³/mol. The van der Waals surface area contributed by atoms with E-state index in [1.807, 2.05) is 76.5 Å². The van der Waals surface area contributed by atoms with Gasteiger partial charge in [-0.15, -0.1) is 0 Å². The molecule has 1 aliphatic heterocycles. The molecule has 1 aliphatic rings. The minimum absolute atomic E-state index is 0.0556. The van der Waals surface area contributed by atoms with Crippen molar-refractivity contribution in [2.45, 2.75) is 44.6 Å². The molecule has 40 heavy (non-hydrogen) atoms. The van der Waals surface area contributed by atoms with Crippen molar-refractivity contribution in [3.8, 4) is 5.75 Å². The van der Waals surface area contributed by atoms with E-state index in [2.05, 4.69) is 12.1 Å². The Morgan fingerprint density at radius 1 is 0.900 bits per heavy atom. The van der Waals surface area contributed by atoms with Gasteiger partial charge in [0.2, 0.25) is 5.91 Å². The van der Waals surface area contributed by atoms with Gasteiger partial charge in [0, 0.05) is 31.8 Å². The lowest BCUT2D eigenvalue weighted by molar-refractivity contribution is -0.133. The number of para-hydroxylation sites is 1. The first-order valence-corrected chi connectivity index (χ1v) is 14.5. The topological polar surface area (TPSA) is 59.1 Å². The summed E-state index contributed by atoms with van der Waals surface area (Å²) in [7, 11) is 1.65. The van der Waals surface area contributed by atoms with Crippen LogP contribution in [0.25, 0.3) is 0 Å². The summed E-state index contributed by atoms with van der Waals surface area (Å²) in [6.45, 7) is 2.61.